The number of rotatable bonds is 4. The zero-order valence-corrected chi connectivity index (χ0v) is 26.3. The van der Waals surface area contributed by atoms with Crippen LogP contribution in [0.3, 0.4) is 0 Å². The number of nitrogens with zero attached hydrogens (tertiary/aromatic N) is 4. The van der Waals surface area contributed by atoms with Crippen LogP contribution in [0.4, 0.5) is 0 Å². The van der Waals surface area contributed by atoms with E-state index in [2.05, 4.69) is 0 Å². The molecule has 0 saturated heterocycles. The Bertz CT molecular complexity index is 3690. The monoisotopic (exact) mass is 664 g/mol. The van der Waals surface area contributed by atoms with Crippen LogP contribution in [0.5, 0.6) is 0 Å². The number of fused-ring (bicyclic) bond motifs is 10. The minimum absolute atomic E-state index is 0.0403. The second-order valence-electron chi connectivity index (χ2n) is 12.1. The second-order valence-corrected chi connectivity index (χ2v) is 12.1. The third-order valence-corrected chi connectivity index (χ3v) is 9.25. The first kappa shape index (κ1) is 19.8. The summed E-state index contributed by atoms with van der Waals surface area (Å²) in [6, 6.07) is 25.1. The lowest BCUT2D eigenvalue weighted by atomic mass is 9.99. The molecule has 0 bridgehead atoms. The number of hydrogen-bond donors (Lipinski definition) is 0. The zero-order chi connectivity index (χ0) is 42.2. The van der Waals surface area contributed by atoms with Gasteiger partial charge in [0.2, 0.25) is 5.95 Å². The van der Waals surface area contributed by atoms with Gasteiger partial charge in [0, 0.05) is 43.4 Å². The van der Waals surface area contributed by atoms with Crippen LogP contribution in [0.1, 0.15) is 13.7 Å². The van der Waals surface area contributed by atoms with Crippen LogP contribution < -0.4 is 0 Å². The summed E-state index contributed by atoms with van der Waals surface area (Å²) in [7, 11) is 0. The average Bonchev–Trinajstić information content (AvgIpc) is 3.96. The highest BCUT2D eigenvalue weighted by Crippen LogP contribution is 2.41. The van der Waals surface area contributed by atoms with Crippen molar-refractivity contribution in [1.29, 1.82) is 0 Å². The van der Waals surface area contributed by atoms with E-state index in [0.717, 1.165) is 27.1 Å². The lowest BCUT2D eigenvalue weighted by Gasteiger charge is -2.11. The Kier molecular flexibility index (Phi) is 4.17. The predicted octanol–water partition coefficient (Wildman–Crippen LogP) is 11.8. The minimum atomic E-state index is -0.554. The maximum absolute atomic E-state index is 8.88. The molecule has 0 atom stereocenters. The van der Waals surface area contributed by atoms with Gasteiger partial charge >= 0.3 is 0 Å². The molecule has 6 heteroatoms. The molecule has 0 amide bonds. The molecular formula is C45H26N4O2. The Hall–Kier alpha value is -7.05. The summed E-state index contributed by atoms with van der Waals surface area (Å²) in [5.74, 6) is 0.0368. The quantitative estimate of drug-likeness (QED) is 0.187. The predicted molar refractivity (Wildman–Crippen MR) is 205 cm³/mol. The largest absolute Gasteiger partial charge is 0.456 e. The normalized spacial score (nSPS) is 14.7. The summed E-state index contributed by atoms with van der Waals surface area (Å²) in [5.41, 5.74) is 4.10. The third kappa shape index (κ3) is 4.20. The van der Waals surface area contributed by atoms with Crippen LogP contribution >= 0.6 is 0 Å². The van der Waals surface area contributed by atoms with Gasteiger partial charge in [-0.1, -0.05) is 121 Å². The van der Waals surface area contributed by atoms with Crippen LogP contribution in [0.15, 0.2) is 166 Å². The van der Waals surface area contributed by atoms with E-state index in [0.29, 0.717) is 49.7 Å². The molecule has 0 radical (unpaired) electrons. The fraction of sp³-hybridized carbons (Fsp3) is 0. The summed E-state index contributed by atoms with van der Waals surface area (Å²) in [6.07, 6.45) is 0. The lowest BCUT2D eigenvalue weighted by molar-refractivity contribution is 0.669. The standard InChI is InChI=1S/C45H26N4O2/c1-3-12-27(13-4-1)30-18-11-21-38-40(30)35-23-22-29(26-39(35)50-38)44-46-43(28-14-5-2-6-15-28)47-45(48-44)49-36-19-9-7-16-31(36)33-24-25-34-32-17-8-10-20-37(32)51-42(34)41(33)49/h1-26H/i1D,2D,3D,4D,5D,6D,12D,13D,14D,15D. The van der Waals surface area contributed by atoms with E-state index in [1.54, 1.807) is 36.4 Å². The van der Waals surface area contributed by atoms with E-state index in [-0.39, 0.29) is 40.8 Å². The lowest BCUT2D eigenvalue weighted by Crippen LogP contribution is -2.06. The number of para-hydroxylation sites is 2. The van der Waals surface area contributed by atoms with Crippen molar-refractivity contribution >= 4 is 65.7 Å². The van der Waals surface area contributed by atoms with Gasteiger partial charge in [-0.25, -0.2) is 4.98 Å². The molecule has 0 aliphatic carbocycles. The van der Waals surface area contributed by atoms with Crippen LogP contribution in [0.2, 0.25) is 0 Å². The third-order valence-electron chi connectivity index (χ3n) is 9.25. The molecule has 11 rings (SSSR count). The Labute approximate surface area is 304 Å². The molecule has 11 aromatic rings. The van der Waals surface area contributed by atoms with Crippen molar-refractivity contribution in [2.45, 2.75) is 0 Å². The summed E-state index contributed by atoms with van der Waals surface area (Å²) < 4.78 is 99.8. The molecule has 7 aromatic carbocycles. The first-order valence-corrected chi connectivity index (χ1v) is 16.1. The van der Waals surface area contributed by atoms with Gasteiger partial charge in [-0.05, 0) is 47.5 Å². The number of hydrogen-bond acceptors (Lipinski definition) is 5. The molecule has 0 aliphatic rings. The molecule has 0 fully saturated rings. The second kappa shape index (κ2) is 10.7. The fourth-order valence-electron chi connectivity index (χ4n) is 7.06. The molecular weight excluding hydrogens is 629 g/mol. The van der Waals surface area contributed by atoms with E-state index < -0.39 is 48.3 Å². The van der Waals surface area contributed by atoms with Gasteiger partial charge in [-0.2, -0.15) is 9.97 Å². The van der Waals surface area contributed by atoms with E-state index in [4.69, 9.17) is 37.5 Å². The molecule has 238 valence electrons. The molecule has 51 heavy (non-hydrogen) atoms. The van der Waals surface area contributed by atoms with Crippen LogP contribution in [0, 0.1) is 0 Å². The topological polar surface area (TPSA) is 69.9 Å². The summed E-state index contributed by atoms with van der Waals surface area (Å²) in [5, 5.41) is 4.65. The molecule has 0 unspecified atom stereocenters. The molecule has 0 saturated carbocycles. The van der Waals surface area contributed by atoms with Crippen molar-refractivity contribution in [2.24, 2.45) is 0 Å². The summed E-state index contributed by atoms with van der Waals surface area (Å²) >= 11 is 0. The summed E-state index contributed by atoms with van der Waals surface area (Å²) in [4.78, 5) is 14.7. The SMILES string of the molecule is [2H]c1c([2H])c([2H])c(-c2nc(-c3ccc4c(c3)oc3cccc(-c5c([2H])c([2H])c([2H])c([2H])c5[2H])c34)nc(-n3c4ccccc4c4ccc5c6ccccc6oc5c43)n2)c([2H])c1[2H]. The van der Waals surface area contributed by atoms with Gasteiger partial charge in [0.15, 0.2) is 17.2 Å². The number of benzene rings is 7. The van der Waals surface area contributed by atoms with Crippen LogP contribution in [-0.4, -0.2) is 19.5 Å². The molecule has 6 nitrogen and oxygen atoms in total. The van der Waals surface area contributed by atoms with Gasteiger partial charge < -0.3 is 8.83 Å². The zero-order valence-electron chi connectivity index (χ0n) is 36.3. The van der Waals surface area contributed by atoms with Gasteiger partial charge in [-0.15, -0.1) is 0 Å². The van der Waals surface area contributed by atoms with Crippen molar-refractivity contribution < 1.29 is 22.5 Å². The van der Waals surface area contributed by atoms with Gasteiger partial charge in [0.05, 0.1) is 19.2 Å². The van der Waals surface area contributed by atoms with Crippen LogP contribution in [-0.2, 0) is 0 Å². The number of aromatic nitrogens is 4. The Balaban J connectivity index is 1.20. The summed E-state index contributed by atoms with van der Waals surface area (Å²) in [6.45, 7) is 0. The highest BCUT2D eigenvalue weighted by atomic mass is 16.3. The average molecular weight is 665 g/mol. The smallest absolute Gasteiger partial charge is 0.238 e. The van der Waals surface area contributed by atoms with Gasteiger partial charge in [-0.3, -0.25) is 4.57 Å². The van der Waals surface area contributed by atoms with Gasteiger partial charge in [0.1, 0.15) is 22.3 Å². The fourth-order valence-corrected chi connectivity index (χ4v) is 7.06. The molecule has 4 heterocycles. The van der Waals surface area contributed by atoms with E-state index in [1.807, 2.05) is 65.2 Å². The number of furan rings is 2. The maximum Gasteiger partial charge on any atom is 0.238 e. The molecule has 0 spiro atoms. The highest BCUT2D eigenvalue weighted by molar-refractivity contribution is 6.21. The van der Waals surface area contributed by atoms with E-state index >= 15 is 0 Å². The van der Waals surface area contributed by atoms with Crippen molar-refractivity contribution in [2.75, 3.05) is 0 Å². The van der Waals surface area contributed by atoms with Crippen molar-refractivity contribution in [3.63, 3.8) is 0 Å². The minimum Gasteiger partial charge on any atom is -0.456 e. The Morgan fingerprint density at radius 1 is 0.490 bits per heavy atom. The first-order valence-electron chi connectivity index (χ1n) is 21.1. The molecule has 4 aromatic heterocycles. The highest BCUT2D eigenvalue weighted by Gasteiger charge is 2.22. The van der Waals surface area contributed by atoms with E-state index in [1.165, 1.54) is 0 Å². The van der Waals surface area contributed by atoms with Crippen molar-refractivity contribution in [3.05, 3.63) is 157 Å². The van der Waals surface area contributed by atoms with Crippen molar-refractivity contribution in [3.8, 4) is 39.9 Å². The van der Waals surface area contributed by atoms with Crippen molar-refractivity contribution in [1.82, 2.24) is 19.5 Å². The first-order chi connectivity index (χ1) is 29.4. The Morgan fingerprint density at radius 3 is 2.02 bits per heavy atom. The molecule has 0 aliphatic heterocycles. The van der Waals surface area contributed by atoms with E-state index in [9.17, 15) is 0 Å². The maximum atomic E-state index is 8.88. The van der Waals surface area contributed by atoms with Gasteiger partial charge in [0.25, 0.3) is 0 Å². The molecule has 0 N–H and O–H groups in total. The Morgan fingerprint density at radius 2 is 1.18 bits per heavy atom. The van der Waals surface area contributed by atoms with Crippen LogP contribution in [0.25, 0.3) is 106 Å².